The molecule has 1 heterocycles. The van der Waals surface area contributed by atoms with Crippen LogP contribution in [0.25, 0.3) is 0 Å². The Hall–Kier alpha value is -1.99. The predicted octanol–water partition coefficient (Wildman–Crippen LogP) is 1.71. The Morgan fingerprint density at radius 3 is 2.63 bits per heavy atom. The second kappa shape index (κ2) is 5.33. The van der Waals surface area contributed by atoms with Crippen molar-refractivity contribution in [3.05, 3.63) is 29.8 Å². The van der Waals surface area contributed by atoms with Gasteiger partial charge in [0.15, 0.2) is 11.6 Å². The summed E-state index contributed by atoms with van der Waals surface area (Å²) in [4.78, 5) is 4.42. The van der Waals surface area contributed by atoms with E-state index in [0.29, 0.717) is 11.0 Å². The molecule has 8 heteroatoms. The van der Waals surface area contributed by atoms with Crippen LogP contribution >= 0.6 is 0 Å². The maximum Gasteiger partial charge on any atom is 0.315 e. The number of rotatable bonds is 4. The third-order valence-corrected chi connectivity index (χ3v) is 2.61. The van der Waals surface area contributed by atoms with Crippen LogP contribution in [-0.2, 0) is 4.74 Å². The van der Waals surface area contributed by atoms with E-state index in [9.17, 15) is 17.6 Å². The first-order valence-electron chi connectivity index (χ1n) is 5.43. The smallest absolute Gasteiger partial charge is 0.315 e. The lowest BCUT2D eigenvalue weighted by Gasteiger charge is -2.25. The summed E-state index contributed by atoms with van der Waals surface area (Å²) in [7, 11) is 0. The quantitative estimate of drug-likeness (QED) is 0.673. The molecule has 19 heavy (non-hydrogen) atoms. The first-order chi connectivity index (χ1) is 8.97. The summed E-state index contributed by atoms with van der Waals surface area (Å²) in [6.07, 6.45) is 0. The summed E-state index contributed by atoms with van der Waals surface area (Å²) in [6, 6.07) is 1.95. The summed E-state index contributed by atoms with van der Waals surface area (Å²) in [6.45, 7) is -3.00. The lowest BCUT2D eigenvalue weighted by molar-refractivity contribution is 0.138. The molecule has 1 atom stereocenters. The monoisotopic (exact) mass is 277 g/mol. The van der Waals surface area contributed by atoms with Crippen molar-refractivity contribution in [2.75, 3.05) is 18.1 Å². The van der Waals surface area contributed by atoms with E-state index < -0.39 is 24.2 Å². The lowest BCUT2D eigenvalue weighted by Crippen LogP contribution is -2.36. The van der Waals surface area contributed by atoms with Gasteiger partial charge < -0.3 is 15.4 Å². The third kappa shape index (κ3) is 3.07. The summed E-state index contributed by atoms with van der Waals surface area (Å²) in [5.74, 6) is -2.28. The molecule has 0 bridgehead atoms. The van der Waals surface area contributed by atoms with E-state index in [1.165, 1.54) is 0 Å². The van der Waals surface area contributed by atoms with Crippen molar-refractivity contribution in [3.63, 3.8) is 0 Å². The number of benzene rings is 1. The van der Waals surface area contributed by atoms with Gasteiger partial charge in [0.1, 0.15) is 12.6 Å². The third-order valence-electron chi connectivity index (χ3n) is 2.61. The van der Waals surface area contributed by atoms with E-state index in [4.69, 9.17) is 10.5 Å². The molecule has 0 saturated carbocycles. The highest BCUT2D eigenvalue weighted by Crippen LogP contribution is 2.22. The summed E-state index contributed by atoms with van der Waals surface area (Å²) < 4.78 is 56.6. The highest BCUT2D eigenvalue weighted by Gasteiger charge is 2.25. The Bertz CT molecular complexity index is 495. The normalized spacial score (nSPS) is 18.4. The fourth-order valence-electron chi connectivity index (χ4n) is 1.72. The van der Waals surface area contributed by atoms with Gasteiger partial charge in [-0.05, 0) is 12.1 Å². The Balaban J connectivity index is 2.17. The van der Waals surface area contributed by atoms with Crippen LogP contribution in [-0.4, -0.2) is 31.8 Å². The van der Waals surface area contributed by atoms with Gasteiger partial charge >= 0.3 is 6.55 Å². The molecule has 2 N–H and O–H groups in total. The lowest BCUT2D eigenvalue weighted by atomic mass is 10.2. The second-order valence-corrected chi connectivity index (χ2v) is 3.96. The van der Waals surface area contributed by atoms with Crippen molar-refractivity contribution < 1.29 is 22.3 Å². The number of ether oxygens (including phenoxy) is 1. The molecule has 2 rings (SSSR count). The molecule has 0 amide bonds. The molecule has 0 spiro atoms. The fraction of sp³-hybridized carbons (Fsp3) is 0.364. The maximum atomic E-state index is 13.1. The maximum absolute atomic E-state index is 13.1. The van der Waals surface area contributed by atoms with Gasteiger partial charge in [-0.15, -0.1) is 0 Å². The van der Waals surface area contributed by atoms with Gasteiger partial charge in [0.05, 0.1) is 0 Å². The van der Waals surface area contributed by atoms with E-state index >= 15 is 0 Å². The van der Waals surface area contributed by atoms with Crippen molar-refractivity contribution in [1.29, 1.82) is 0 Å². The Morgan fingerprint density at radius 2 is 2.11 bits per heavy atom. The van der Waals surface area contributed by atoms with Crippen molar-refractivity contribution in [2.45, 2.75) is 12.6 Å². The number of anilines is 1. The highest BCUT2D eigenvalue weighted by atomic mass is 19.3. The zero-order valence-electron chi connectivity index (χ0n) is 9.69. The zero-order chi connectivity index (χ0) is 14.0. The van der Waals surface area contributed by atoms with Crippen LogP contribution in [0.1, 0.15) is 0 Å². The van der Waals surface area contributed by atoms with Crippen LogP contribution < -0.4 is 10.6 Å². The Morgan fingerprint density at radius 1 is 1.37 bits per heavy atom. The number of nitrogens with two attached hydrogens (primary N) is 1. The number of alkyl halides is 2. The first-order valence-corrected chi connectivity index (χ1v) is 5.43. The molecule has 0 unspecified atom stereocenters. The number of aliphatic imine (C=N–C) groups is 1. The molecular weight excluding hydrogens is 266 g/mol. The molecule has 0 fully saturated rings. The second-order valence-electron chi connectivity index (χ2n) is 3.96. The van der Waals surface area contributed by atoms with E-state index in [2.05, 4.69) is 4.99 Å². The van der Waals surface area contributed by atoms with E-state index in [0.717, 1.165) is 12.1 Å². The molecule has 1 aromatic carbocycles. The molecular formula is C11H11F4N3O. The molecule has 4 nitrogen and oxygen atoms in total. The van der Waals surface area contributed by atoms with Crippen LogP contribution in [0.3, 0.4) is 0 Å². The fourth-order valence-corrected chi connectivity index (χ4v) is 1.72. The molecule has 1 aromatic rings. The number of hydrogen-bond acceptors (Lipinski definition) is 4. The van der Waals surface area contributed by atoms with Crippen LogP contribution in [0, 0.1) is 11.6 Å². The minimum Gasteiger partial charge on any atom is -0.463 e. The highest BCUT2D eigenvalue weighted by molar-refractivity contribution is 5.73. The van der Waals surface area contributed by atoms with Crippen molar-refractivity contribution in [3.8, 4) is 0 Å². The van der Waals surface area contributed by atoms with E-state index in [-0.39, 0.29) is 24.9 Å². The van der Waals surface area contributed by atoms with Crippen LogP contribution in [0.2, 0.25) is 0 Å². The van der Waals surface area contributed by atoms with E-state index in [1.807, 2.05) is 0 Å². The van der Waals surface area contributed by atoms with Gasteiger partial charge in [-0.25, -0.2) is 13.8 Å². The minimum atomic E-state index is -2.87. The average molecular weight is 277 g/mol. The molecule has 0 aliphatic carbocycles. The predicted molar refractivity (Wildman–Crippen MR) is 61.1 cm³/mol. The van der Waals surface area contributed by atoms with Crippen molar-refractivity contribution in [1.82, 2.24) is 0 Å². The van der Waals surface area contributed by atoms with Gasteiger partial charge in [0, 0.05) is 18.3 Å². The van der Waals surface area contributed by atoms with Gasteiger partial charge in [-0.1, -0.05) is 0 Å². The number of nitrogens with zero attached hydrogens (tertiary/aromatic N) is 2. The Kier molecular flexibility index (Phi) is 3.77. The average Bonchev–Trinajstić information content (AvgIpc) is 2.75. The van der Waals surface area contributed by atoms with Crippen molar-refractivity contribution >= 4 is 11.7 Å². The van der Waals surface area contributed by atoms with Gasteiger partial charge in [0.2, 0.25) is 0 Å². The molecule has 0 radical (unpaired) electrons. The molecule has 1 aliphatic heterocycles. The van der Waals surface area contributed by atoms with Crippen LogP contribution in [0.15, 0.2) is 23.2 Å². The largest absolute Gasteiger partial charge is 0.463 e. The van der Waals surface area contributed by atoms with Gasteiger partial charge in [-0.3, -0.25) is 0 Å². The topological polar surface area (TPSA) is 50.8 Å². The number of hydrogen-bond donors (Lipinski definition) is 1. The minimum absolute atomic E-state index is 0.0653. The summed E-state index contributed by atoms with van der Waals surface area (Å²) in [5, 5.41) is 0. The number of amidine groups is 1. The molecule has 0 saturated heterocycles. The van der Waals surface area contributed by atoms with Gasteiger partial charge in [-0.2, -0.15) is 8.78 Å². The van der Waals surface area contributed by atoms with Crippen molar-refractivity contribution in [2.24, 2.45) is 10.7 Å². The van der Waals surface area contributed by atoms with Crippen LogP contribution in [0.4, 0.5) is 23.2 Å². The molecule has 1 aliphatic rings. The summed E-state index contributed by atoms with van der Waals surface area (Å²) in [5.41, 5.74) is 5.14. The molecule has 104 valence electrons. The zero-order valence-corrected chi connectivity index (χ0v) is 9.69. The van der Waals surface area contributed by atoms with Crippen LogP contribution in [0.5, 0.6) is 0 Å². The van der Waals surface area contributed by atoms with Gasteiger partial charge in [0.25, 0.3) is 6.02 Å². The first kappa shape index (κ1) is 13.4. The molecule has 0 aromatic heterocycles. The summed E-state index contributed by atoms with van der Waals surface area (Å²) >= 11 is 0. The Labute approximate surface area is 106 Å². The standard InChI is InChI=1S/C11H11F4N3O/c12-8-2-1-7(3-9(8)13)18(10(14)15)4-6-5-19-11(16)17-6/h1-3,6,10H,4-5H2,(H2,16,17)/t6-/m0/s1. The van der Waals surface area contributed by atoms with E-state index in [1.54, 1.807) is 0 Å². The number of halogens is 4. The SMILES string of the molecule is NC1=N[C@@H](CN(c2ccc(F)c(F)c2)C(F)F)CO1.